The second-order valence-corrected chi connectivity index (χ2v) is 5.45. The summed E-state index contributed by atoms with van der Waals surface area (Å²) in [7, 11) is 0. The number of hydrogen-bond acceptors (Lipinski definition) is 2. The molecule has 0 fully saturated rings. The van der Waals surface area contributed by atoms with Crippen LogP contribution in [0, 0.1) is 0 Å². The third kappa shape index (κ3) is 3.12. The van der Waals surface area contributed by atoms with E-state index in [1.165, 1.54) is 17.5 Å². The first kappa shape index (κ1) is 13.6. The van der Waals surface area contributed by atoms with Crippen LogP contribution in [-0.4, -0.2) is 22.4 Å². The number of fused-ring (bicyclic) bond motifs is 1. The van der Waals surface area contributed by atoms with Gasteiger partial charge in [-0.05, 0) is 49.1 Å². The molecule has 0 saturated heterocycles. The van der Waals surface area contributed by atoms with E-state index in [0.29, 0.717) is 18.8 Å². The van der Waals surface area contributed by atoms with Gasteiger partial charge in [0.1, 0.15) is 0 Å². The Morgan fingerprint density at radius 2 is 2.00 bits per heavy atom. The molecule has 0 radical (unpaired) electrons. The maximum absolute atomic E-state index is 10.1. The van der Waals surface area contributed by atoms with Crippen LogP contribution in [-0.2, 0) is 6.42 Å². The van der Waals surface area contributed by atoms with Crippen molar-refractivity contribution in [1.29, 1.82) is 0 Å². The molecule has 1 aliphatic rings. The number of benzene rings is 1. The van der Waals surface area contributed by atoms with Crippen molar-refractivity contribution in [3.63, 3.8) is 0 Å². The van der Waals surface area contributed by atoms with Crippen molar-refractivity contribution in [1.82, 2.24) is 0 Å². The highest BCUT2D eigenvalue weighted by molar-refractivity contribution is 5.32. The fourth-order valence-electron chi connectivity index (χ4n) is 3.04. The van der Waals surface area contributed by atoms with Gasteiger partial charge in [0, 0.05) is 0 Å². The summed E-state index contributed by atoms with van der Waals surface area (Å²) in [5.74, 6) is 0.413. The number of aliphatic hydroxyl groups is 2. The molecule has 0 bridgehead atoms. The van der Waals surface area contributed by atoms with Crippen molar-refractivity contribution in [2.75, 3.05) is 0 Å². The Morgan fingerprint density at radius 3 is 2.78 bits per heavy atom. The van der Waals surface area contributed by atoms with E-state index >= 15 is 0 Å². The standard InChI is InChI=1S/C16H24O2/c1-2-6-15(17)16(18)11-13-9-5-8-12-7-3-4-10-14(12)13/h3-4,7,10,13,15-18H,2,5-6,8-9,11H2,1H3. The molecule has 3 unspecified atom stereocenters. The van der Waals surface area contributed by atoms with Crippen molar-refractivity contribution in [2.24, 2.45) is 0 Å². The molecule has 2 N–H and O–H groups in total. The van der Waals surface area contributed by atoms with Crippen LogP contribution >= 0.6 is 0 Å². The van der Waals surface area contributed by atoms with Gasteiger partial charge in [-0.15, -0.1) is 0 Å². The van der Waals surface area contributed by atoms with E-state index in [2.05, 4.69) is 24.3 Å². The minimum atomic E-state index is -0.582. The van der Waals surface area contributed by atoms with Gasteiger partial charge in [-0.3, -0.25) is 0 Å². The van der Waals surface area contributed by atoms with Crippen molar-refractivity contribution < 1.29 is 10.2 Å². The molecular weight excluding hydrogens is 224 g/mol. The Balaban J connectivity index is 2.02. The van der Waals surface area contributed by atoms with E-state index in [4.69, 9.17) is 0 Å². The molecule has 0 heterocycles. The monoisotopic (exact) mass is 248 g/mol. The van der Waals surface area contributed by atoms with Crippen LogP contribution in [0.5, 0.6) is 0 Å². The van der Waals surface area contributed by atoms with Crippen LogP contribution in [0.3, 0.4) is 0 Å². The van der Waals surface area contributed by atoms with E-state index in [-0.39, 0.29) is 0 Å². The Morgan fingerprint density at radius 1 is 1.22 bits per heavy atom. The molecule has 100 valence electrons. The second kappa shape index (κ2) is 6.35. The number of aryl methyl sites for hydroxylation is 1. The van der Waals surface area contributed by atoms with Crippen LogP contribution < -0.4 is 0 Å². The van der Waals surface area contributed by atoms with Crippen molar-refractivity contribution in [3.05, 3.63) is 35.4 Å². The summed E-state index contributed by atoms with van der Waals surface area (Å²) in [4.78, 5) is 0. The third-order valence-electron chi connectivity index (χ3n) is 4.05. The minimum absolute atomic E-state index is 0.413. The van der Waals surface area contributed by atoms with Gasteiger partial charge in [0.2, 0.25) is 0 Å². The first-order valence-electron chi connectivity index (χ1n) is 7.16. The molecule has 3 atom stereocenters. The number of hydrogen-bond donors (Lipinski definition) is 2. The highest BCUT2D eigenvalue weighted by Gasteiger charge is 2.25. The van der Waals surface area contributed by atoms with Gasteiger partial charge < -0.3 is 10.2 Å². The summed E-state index contributed by atoms with van der Waals surface area (Å²) in [5.41, 5.74) is 2.80. The number of aliphatic hydroxyl groups excluding tert-OH is 2. The quantitative estimate of drug-likeness (QED) is 0.841. The number of rotatable bonds is 5. The molecule has 0 aromatic heterocycles. The largest absolute Gasteiger partial charge is 0.390 e. The molecule has 1 aromatic carbocycles. The van der Waals surface area contributed by atoms with Crippen LogP contribution in [0.4, 0.5) is 0 Å². The molecule has 18 heavy (non-hydrogen) atoms. The first-order valence-corrected chi connectivity index (χ1v) is 7.16. The van der Waals surface area contributed by atoms with Crippen LogP contribution in [0.1, 0.15) is 56.1 Å². The minimum Gasteiger partial charge on any atom is -0.390 e. The highest BCUT2D eigenvalue weighted by Crippen LogP contribution is 2.35. The first-order chi connectivity index (χ1) is 8.72. The maximum atomic E-state index is 10.1. The second-order valence-electron chi connectivity index (χ2n) is 5.45. The van der Waals surface area contributed by atoms with Gasteiger partial charge in [-0.2, -0.15) is 0 Å². The fourth-order valence-corrected chi connectivity index (χ4v) is 3.04. The summed E-state index contributed by atoms with van der Waals surface area (Å²) in [6.07, 6.45) is 4.63. The summed E-state index contributed by atoms with van der Waals surface area (Å²) in [6, 6.07) is 8.53. The Hall–Kier alpha value is -0.860. The van der Waals surface area contributed by atoms with Crippen molar-refractivity contribution in [3.8, 4) is 0 Å². The molecule has 2 rings (SSSR count). The molecular formula is C16H24O2. The van der Waals surface area contributed by atoms with Gasteiger partial charge in [0.25, 0.3) is 0 Å². The molecule has 0 spiro atoms. The van der Waals surface area contributed by atoms with E-state index in [1.54, 1.807) is 0 Å². The average Bonchev–Trinajstić information content (AvgIpc) is 2.39. The van der Waals surface area contributed by atoms with E-state index in [9.17, 15) is 10.2 Å². The van der Waals surface area contributed by atoms with Gasteiger partial charge in [0.05, 0.1) is 12.2 Å². The molecule has 0 aliphatic heterocycles. The highest BCUT2D eigenvalue weighted by atomic mass is 16.3. The van der Waals surface area contributed by atoms with E-state index in [1.807, 2.05) is 6.92 Å². The third-order valence-corrected chi connectivity index (χ3v) is 4.05. The van der Waals surface area contributed by atoms with Crippen LogP contribution in [0.2, 0.25) is 0 Å². The fraction of sp³-hybridized carbons (Fsp3) is 0.625. The van der Waals surface area contributed by atoms with Crippen LogP contribution in [0.15, 0.2) is 24.3 Å². The van der Waals surface area contributed by atoms with Crippen molar-refractivity contribution in [2.45, 2.75) is 63.6 Å². The summed E-state index contributed by atoms with van der Waals surface area (Å²) >= 11 is 0. The molecule has 1 aromatic rings. The summed E-state index contributed by atoms with van der Waals surface area (Å²) < 4.78 is 0. The molecule has 0 saturated carbocycles. The predicted molar refractivity (Wildman–Crippen MR) is 73.7 cm³/mol. The Bertz CT molecular complexity index is 375. The summed E-state index contributed by atoms with van der Waals surface area (Å²) in [6.45, 7) is 2.03. The molecule has 1 aliphatic carbocycles. The van der Waals surface area contributed by atoms with Gasteiger partial charge in [-0.25, -0.2) is 0 Å². The molecule has 0 amide bonds. The van der Waals surface area contributed by atoms with Crippen LogP contribution in [0.25, 0.3) is 0 Å². The SMILES string of the molecule is CCCC(O)C(O)CC1CCCc2ccccc21. The molecule has 2 nitrogen and oxygen atoms in total. The van der Waals surface area contributed by atoms with Gasteiger partial charge >= 0.3 is 0 Å². The lowest BCUT2D eigenvalue weighted by Gasteiger charge is -2.28. The normalized spacial score (nSPS) is 22.3. The average molecular weight is 248 g/mol. The van der Waals surface area contributed by atoms with Gasteiger partial charge in [0.15, 0.2) is 0 Å². The molecule has 2 heteroatoms. The topological polar surface area (TPSA) is 40.5 Å². The smallest absolute Gasteiger partial charge is 0.0804 e. The summed E-state index contributed by atoms with van der Waals surface area (Å²) in [5, 5.41) is 19.9. The maximum Gasteiger partial charge on any atom is 0.0804 e. The lowest BCUT2D eigenvalue weighted by Crippen LogP contribution is -2.28. The van der Waals surface area contributed by atoms with Gasteiger partial charge in [-0.1, -0.05) is 37.6 Å². The van der Waals surface area contributed by atoms with Crippen molar-refractivity contribution >= 4 is 0 Å². The Labute approximate surface area is 110 Å². The predicted octanol–water partition coefficient (Wildman–Crippen LogP) is 3.02. The Kier molecular flexibility index (Phi) is 4.79. The zero-order valence-electron chi connectivity index (χ0n) is 11.2. The zero-order valence-corrected chi connectivity index (χ0v) is 11.2. The van der Waals surface area contributed by atoms with E-state index < -0.39 is 12.2 Å². The lowest BCUT2D eigenvalue weighted by atomic mass is 9.79. The zero-order chi connectivity index (χ0) is 13.0. The lowest BCUT2D eigenvalue weighted by molar-refractivity contribution is 0.00463. The van der Waals surface area contributed by atoms with E-state index in [0.717, 1.165) is 19.3 Å².